The molecule has 0 aromatic carbocycles. The SMILES string of the molecule is COc1cc(-c2noc(C3C=CC(N)C3)n2)ncn1. The van der Waals surface area contributed by atoms with E-state index < -0.39 is 0 Å². The fourth-order valence-corrected chi connectivity index (χ4v) is 1.97. The van der Waals surface area contributed by atoms with Crippen molar-refractivity contribution in [1.82, 2.24) is 20.1 Å². The molecular formula is C12H13N5O2. The van der Waals surface area contributed by atoms with Crippen LogP contribution in [0.1, 0.15) is 18.2 Å². The highest BCUT2D eigenvalue weighted by Gasteiger charge is 2.23. The molecule has 0 spiro atoms. The molecule has 0 radical (unpaired) electrons. The van der Waals surface area contributed by atoms with E-state index in [-0.39, 0.29) is 12.0 Å². The van der Waals surface area contributed by atoms with Gasteiger partial charge in [0, 0.05) is 12.1 Å². The van der Waals surface area contributed by atoms with E-state index in [4.69, 9.17) is 15.0 Å². The highest BCUT2D eigenvalue weighted by molar-refractivity contribution is 5.49. The van der Waals surface area contributed by atoms with Crippen LogP contribution in [0.4, 0.5) is 0 Å². The molecule has 2 heterocycles. The first-order valence-electron chi connectivity index (χ1n) is 5.90. The largest absolute Gasteiger partial charge is 0.481 e. The molecular weight excluding hydrogens is 246 g/mol. The number of rotatable bonds is 3. The molecule has 0 fully saturated rings. The van der Waals surface area contributed by atoms with Crippen LogP contribution in [0.25, 0.3) is 11.5 Å². The second-order valence-corrected chi connectivity index (χ2v) is 4.29. The second-order valence-electron chi connectivity index (χ2n) is 4.29. The van der Waals surface area contributed by atoms with Gasteiger partial charge in [-0.15, -0.1) is 0 Å². The first-order chi connectivity index (χ1) is 9.26. The molecule has 1 aliphatic rings. The van der Waals surface area contributed by atoms with Gasteiger partial charge in [-0.2, -0.15) is 4.98 Å². The molecule has 0 saturated heterocycles. The number of methoxy groups -OCH3 is 1. The molecule has 7 heteroatoms. The number of nitrogens with zero attached hydrogens (tertiary/aromatic N) is 4. The average molecular weight is 259 g/mol. The van der Waals surface area contributed by atoms with Crippen molar-refractivity contribution in [3.05, 3.63) is 30.4 Å². The van der Waals surface area contributed by atoms with Crippen molar-refractivity contribution in [2.24, 2.45) is 5.73 Å². The Kier molecular flexibility index (Phi) is 2.96. The zero-order chi connectivity index (χ0) is 13.2. The zero-order valence-electron chi connectivity index (χ0n) is 10.4. The van der Waals surface area contributed by atoms with E-state index in [9.17, 15) is 0 Å². The number of hydrogen-bond donors (Lipinski definition) is 1. The Balaban J connectivity index is 1.86. The van der Waals surface area contributed by atoms with Crippen LogP contribution in [-0.4, -0.2) is 33.3 Å². The summed E-state index contributed by atoms with van der Waals surface area (Å²) in [7, 11) is 1.54. The minimum Gasteiger partial charge on any atom is -0.481 e. The summed E-state index contributed by atoms with van der Waals surface area (Å²) in [6.45, 7) is 0. The maximum Gasteiger partial charge on any atom is 0.234 e. The first-order valence-corrected chi connectivity index (χ1v) is 5.90. The van der Waals surface area contributed by atoms with Crippen LogP contribution >= 0.6 is 0 Å². The normalized spacial score (nSPS) is 21.8. The molecule has 7 nitrogen and oxygen atoms in total. The molecule has 2 atom stereocenters. The van der Waals surface area contributed by atoms with Crippen molar-refractivity contribution in [3.63, 3.8) is 0 Å². The lowest BCUT2D eigenvalue weighted by atomic mass is 10.1. The van der Waals surface area contributed by atoms with E-state index in [1.54, 1.807) is 13.2 Å². The fraction of sp³-hybridized carbons (Fsp3) is 0.333. The van der Waals surface area contributed by atoms with E-state index >= 15 is 0 Å². The van der Waals surface area contributed by atoms with Gasteiger partial charge in [-0.3, -0.25) is 0 Å². The molecule has 19 heavy (non-hydrogen) atoms. The quantitative estimate of drug-likeness (QED) is 0.817. The standard InChI is InChI=1S/C12H13N5O2/c1-18-10-5-9(14-6-15-10)11-16-12(19-17-11)7-2-3-8(13)4-7/h2-3,5-8H,4,13H2,1H3. The molecule has 0 aliphatic heterocycles. The number of aromatic nitrogens is 4. The molecule has 3 rings (SSSR count). The van der Waals surface area contributed by atoms with E-state index in [2.05, 4.69) is 20.1 Å². The van der Waals surface area contributed by atoms with Crippen LogP contribution in [-0.2, 0) is 0 Å². The minimum atomic E-state index is 0.0551. The van der Waals surface area contributed by atoms with Crippen LogP contribution in [0.5, 0.6) is 5.88 Å². The maximum atomic E-state index is 5.80. The van der Waals surface area contributed by atoms with E-state index in [1.807, 2.05) is 12.2 Å². The Hall–Kier alpha value is -2.28. The summed E-state index contributed by atoms with van der Waals surface area (Å²) >= 11 is 0. The molecule has 0 amide bonds. The van der Waals surface area contributed by atoms with Gasteiger partial charge in [0.1, 0.15) is 12.0 Å². The van der Waals surface area contributed by atoms with Crippen molar-refractivity contribution in [2.75, 3.05) is 7.11 Å². The maximum absolute atomic E-state index is 5.80. The van der Waals surface area contributed by atoms with Crippen molar-refractivity contribution in [3.8, 4) is 17.4 Å². The predicted molar refractivity (Wildman–Crippen MR) is 66.3 cm³/mol. The smallest absolute Gasteiger partial charge is 0.234 e. The third-order valence-corrected chi connectivity index (χ3v) is 2.96. The summed E-state index contributed by atoms with van der Waals surface area (Å²) in [6, 6.07) is 1.71. The van der Waals surface area contributed by atoms with Crippen LogP contribution in [0.2, 0.25) is 0 Å². The lowest BCUT2D eigenvalue weighted by Crippen LogP contribution is -2.14. The number of ether oxygens (including phenoxy) is 1. The highest BCUT2D eigenvalue weighted by Crippen LogP contribution is 2.28. The number of hydrogen-bond acceptors (Lipinski definition) is 7. The van der Waals surface area contributed by atoms with Crippen LogP contribution < -0.4 is 10.5 Å². The van der Waals surface area contributed by atoms with Gasteiger partial charge in [0.05, 0.1) is 13.0 Å². The Morgan fingerprint density at radius 1 is 1.37 bits per heavy atom. The van der Waals surface area contributed by atoms with E-state index in [0.29, 0.717) is 23.3 Å². The van der Waals surface area contributed by atoms with Gasteiger partial charge >= 0.3 is 0 Å². The monoisotopic (exact) mass is 259 g/mol. The molecule has 1 aliphatic carbocycles. The number of allylic oxidation sites excluding steroid dienone is 1. The average Bonchev–Trinajstić information content (AvgIpc) is 3.07. The molecule has 2 N–H and O–H groups in total. The summed E-state index contributed by atoms with van der Waals surface area (Å²) in [5.74, 6) is 1.51. The molecule has 2 aromatic rings. The molecule has 98 valence electrons. The lowest BCUT2D eigenvalue weighted by Gasteiger charge is -2.02. The Labute approximate surface area is 109 Å². The van der Waals surface area contributed by atoms with Crippen LogP contribution in [0, 0.1) is 0 Å². The van der Waals surface area contributed by atoms with Crippen molar-refractivity contribution in [2.45, 2.75) is 18.4 Å². The van der Waals surface area contributed by atoms with Crippen molar-refractivity contribution < 1.29 is 9.26 Å². The second kappa shape index (κ2) is 4.77. The van der Waals surface area contributed by atoms with Gasteiger partial charge in [0.2, 0.25) is 17.6 Å². The Morgan fingerprint density at radius 3 is 3.00 bits per heavy atom. The molecule has 2 unspecified atom stereocenters. The Bertz CT molecular complexity index is 610. The van der Waals surface area contributed by atoms with Gasteiger partial charge in [0.25, 0.3) is 0 Å². The molecule has 0 saturated carbocycles. The summed E-state index contributed by atoms with van der Waals surface area (Å²) in [6.07, 6.45) is 6.12. The lowest BCUT2D eigenvalue weighted by molar-refractivity contribution is 0.364. The first kappa shape index (κ1) is 11.8. The molecule has 0 bridgehead atoms. The van der Waals surface area contributed by atoms with E-state index in [0.717, 1.165) is 6.42 Å². The van der Waals surface area contributed by atoms with Gasteiger partial charge in [-0.05, 0) is 6.42 Å². The minimum absolute atomic E-state index is 0.0551. The predicted octanol–water partition coefficient (Wildman–Crippen LogP) is 0.906. The fourth-order valence-electron chi connectivity index (χ4n) is 1.97. The van der Waals surface area contributed by atoms with Gasteiger partial charge in [0.15, 0.2) is 0 Å². The highest BCUT2D eigenvalue weighted by atomic mass is 16.5. The Morgan fingerprint density at radius 2 is 2.26 bits per heavy atom. The van der Waals surface area contributed by atoms with Crippen LogP contribution in [0.15, 0.2) is 29.1 Å². The topological polar surface area (TPSA) is 100.0 Å². The summed E-state index contributed by atoms with van der Waals surface area (Å²) in [5, 5.41) is 3.92. The zero-order valence-corrected chi connectivity index (χ0v) is 10.4. The van der Waals surface area contributed by atoms with Crippen molar-refractivity contribution >= 4 is 0 Å². The third-order valence-electron chi connectivity index (χ3n) is 2.96. The van der Waals surface area contributed by atoms with Gasteiger partial charge in [-0.25, -0.2) is 9.97 Å². The third kappa shape index (κ3) is 2.32. The van der Waals surface area contributed by atoms with Gasteiger partial charge < -0.3 is 15.0 Å². The van der Waals surface area contributed by atoms with E-state index in [1.165, 1.54) is 6.33 Å². The number of nitrogens with two attached hydrogens (primary N) is 1. The summed E-state index contributed by atoms with van der Waals surface area (Å²) < 4.78 is 10.3. The summed E-state index contributed by atoms with van der Waals surface area (Å²) in [4.78, 5) is 12.4. The van der Waals surface area contributed by atoms with Gasteiger partial charge in [-0.1, -0.05) is 17.3 Å². The summed E-state index contributed by atoms with van der Waals surface area (Å²) in [5.41, 5.74) is 6.37. The molecule has 2 aromatic heterocycles. The van der Waals surface area contributed by atoms with Crippen LogP contribution in [0.3, 0.4) is 0 Å². The van der Waals surface area contributed by atoms with Crippen molar-refractivity contribution in [1.29, 1.82) is 0 Å².